The Hall–Kier alpha value is -1.08. The SMILES string of the molecule is NC(=NO)C1CCCN1C(=O)c1sccc1Br. The lowest BCUT2D eigenvalue weighted by atomic mass is 10.2. The molecule has 1 aliphatic heterocycles. The molecule has 0 aromatic carbocycles. The molecule has 0 bridgehead atoms. The van der Waals surface area contributed by atoms with E-state index in [9.17, 15) is 4.79 Å². The quantitative estimate of drug-likeness (QED) is 0.378. The van der Waals surface area contributed by atoms with E-state index in [0.29, 0.717) is 11.4 Å². The van der Waals surface area contributed by atoms with Crippen molar-refractivity contribution in [2.75, 3.05) is 6.54 Å². The number of oxime groups is 1. The molecule has 3 N–H and O–H groups in total. The Morgan fingerprint density at radius 3 is 3.06 bits per heavy atom. The van der Waals surface area contributed by atoms with E-state index < -0.39 is 0 Å². The van der Waals surface area contributed by atoms with Gasteiger partial charge in [0.2, 0.25) is 0 Å². The standard InChI is InChI=1S/C10H12BrN3O2S/c11-6-3-5-17-8(6)10(15)14-4-1-2-7(14)9(12)13-16/h3,5,7,16H,1-2,4H2,(H2,12,13). The number of thiophene rings is 1. The van der Waals surface area contributed by atoms with Crippen LogP contribution < -0.4 is 5.73 Å². The summed E-state index contributed by atoms with van der Waals surface area (Å²) in [6.45, 7) is 0.643. The van der Waals surface area contributed by atoms with Crippen molar-refractivity contribution in [2.24, 2.45) is 10.9 Å². The van der Waals surface area contributed by atoms with Crippen LogP contribution >= 0.6 is 27.3 Å². The van der Waals surface area contributed by atoms with Gasteiger partial charge in [0.15, 0.2) is 5.84 Å². The molecule has 0 saturated carbocycles. The number of carbonyl (C=O) groups excluding carboxylic acids is 1. The minimum atomic E-state index is -0.290. The number of nitrogens with zero attached hydrogens (tertiary/aromatic N) is 2. The normalized spacial score (nSPS) is 20.9. The second-order valence-electron chi connectivity index (χ2n) is 3.78. The summed E-state index contributed by atoms with van der Waals surface area (Å²) in [7, 11) is 0. The minimum Gasteiger partial charge on any atom is -0.409 e. The van der Waals surface area contributed by atoms with Crippen LogP contribution in [0.2, 0.25) is 0 Å². The number of amides is 1. The Labute approximate surface area is 111 Å². The molecule has 7 heteroatoms. The Kier molecular flexibility index (Phi) is 3.68. The number of carbonyl (C=O) groups is 1. The molecule has 1 fully saturated rings. The third-order valence-corrected chi connectivity index (χ3v) is 4.61. The van der Waals surface area contributed by atoms with Crippen LogP contribution in [0.3, 0.4) is 0 Å². The van der Waals surface area contributed by atoms with Crippen LogP contribution in [0.4, 0.5) is 0 Å². The Morgan fingerprint density at radius 2 is 2.47 bits per heavy atom. The highest BCUT2D eigenvalue weighted by molar-refractivity contribution is 9.10. The zero-order chi connectivity index (χ0) is 12.4. The zero-order valence-corrected chi connectivity index (χ0v) is 11.4. The molecule has 0 aliphatic carbocycles. The van der Waals surface area contributed by atoms with Gasteiger partial charge in [-0.2, -0.15) is 0 Å². The Bertz CT molecular complexity index is 460. The van der Waals surface area contributed by atoms with Gasteiger partial charge < -0.3 is 15.8 Å². The summed E-state index contributed by atoms with van der Waals surface area (Å²) in [5, 5.41) is 13.6. The van der Waals surface area contributed by atoms with E-state index in [2.05, 4.69) is 21.1 Å². The van der Waals surface area contributed by atoms with Gasteiger partial charge in [-0.25, -0.2) is 0 Å². The van der Waals surface area contributed by atoms with E-state index in [-0.39, 0.29) is 17.8 Å². The van der Waals surface area contributed by atoms with Crippen molar-refractivity contribution in [3.05, 3.63) is 20.8 Å². The number of halogens is 1. The van der Waals surface area contributed by atoms with Gasteiger partial charge in [-0.05, 0) is 40.2 Å². The number of likely N-dealkylation sites (tertiary alicyclic amines) is 1. The second-order valence-corrected chi connectivity index (χ2v) is 5.55. The lowest BCUT2D eigenvalue weighted by Crippen LogP contribution is -2.43. The third-order valence-electron chi connectivity index (χ3n) is 2.78. The summed E-state index contributed by atoms with van der Waals surface area (Å²) in [5.74, 6) is 0.0319. The third kappa shape index (κ3) is 2.30. The van der Waals surface area contributed by atoms with Gasteiger partial charge in [0.05, 0.1) is 6.04 Å². The lowest BCUT2D eigenvalue weighted by molar-refractivity contribution is 0.0772. The molecule has 2 heterocycles. The van der Waals surface area contributed by atoms with Crippen LogP contribution in [0.1, 0.15) is 22.5 Å². The number of rotatable bonds is 2. The van der Waals surface area contributed by atoms with Crippen LogP contribution in [-0.4, -0.2) is 34.4 Å². The molecule has 1 unspecified atom stereocenters. The lowest BCUT2D eigenvalue weighted by Gasteiger charge is -2.23. The van der Waals surface area contributed by atoms with E-state index >= 15 is 0 Å². The molecule has 1 aromatic heterocycles. The van der Waals surface area contributed by atoms with Crippen molar-refractivity contribution in [3.63, 3.8) is 0 Å². The highest BCUT2D eigenvalue weighted by atomic mass is 79.9. The Morgan fingerprint density at radius 1 is 1.71 bits per heavy atom. The molecular formula is C10H12BrN3O2S. The molecule has 0 spiro atoms. The van der Waals surface area contributed by atoms with E-state index in [4.69, 9.17) is 10.9 Å². The van der Waals surface area contributed by atoms with E-state index in [1.807, 2.05) is 11.4 Å². The fraction of sp³-hybridized carbons (Fsp3) is 0.400. The molecule has 1 amide bonds. The van der Waals surface area contributed by atoms with Gasteiger partial charge in [-0.15, -0.1) is 11.3 Å². The first-order valence-corrected chi connectivity index (χ1v) is 6.83. The number of hydrogen-bond acceptors (Lipinski definition) is 4. The van der Waals surface area contributed by atoms with Crippen LogP contribution in [0.25, 0.3) is 0 Å². The average molecular weight is 318 g/mol. The van der Waals surface area contributed by atoms with Crippen molar-refractivity contribution >= 4 is 39.0 Å². The summed E-state index contributed by atoms with van der Waals surface area (Å²) in [6, 6.07) is 1.55. The van der Waals surface area contributed by atoms with Gasteiger partial charge in [0, 0.05) is 11.0 Å². The van der Waals surface area contributed by atoms with Crippen LogP contribution in [0.15, 0.2) is 21.1 Å². The molecular weight excluding hydrogens is 306 g/mol. The van der Waals surface area contributed by atoms with Crippen molar-refractivity contribution in [2.45, 2.75) is 18.9 Å². The molecule has 1 atom stereocenters. The second kappa shape index (κ2) is 5.05. The molecule has 92 valence electrons. The van der Waals surface area contributed by atoms with Crippen molar-refractivity contribution in [3.8, 4) is 0 Å². The van der Waals surface area contributed by atoms with Crippen molar-refractivity contribution in [1.29, 1.82) is 0 Å². The molecule has 1 saturated heterocycles. The molecule has 1 aromatic rings. The summed E-state index contributed by atoms with van der Waals surface area (Å²) >= 11 is 4.72. The molecule has 2 rings (SSSR count). The molecule has 1 aliphatic rings. The molecule has 17 heavy (non-hydrogen) atoms. The van der Waals surface area contributed by atoms with Gasteiger partial charge >= 0.3 is 0 Å². The van der Waals surface area contributed by atoms with Crippen LogP contribution in [0, 0.1) is 0 Å². The topological polar surface area (TPSA) is 78.9 Å². The first-order valence-electron chi connectivity index (χ1n) is 5.16. The summed E-state index contributed by atoms with van der Waals surface area (Å²) < 4.78 is 0.789. The van der Waals surface area contributed by atoms with Gasteiger partial charge in [0.1, 0.15) is 4.88 Å². The maximum Gasteiger partial charge on any atom is 0.265 e. The van der Waals surface area contributed by atoms with Crippen molar-refractivity contribution < 1.29 is 10.0 Å². The van der Waals surface area contributed by atoms with Gasteiger partial charge in [0.25, 0.3) is 5.91 Å². The first kappa shape index (κ1) is 12.4. The predicted octanol–water partition coefficient (Wildman–Crippen LogP) is 1.86. The van der Waals surface area contributed by atoms with E-state index in [1.165, 1.54) is 11.3 Å². The number of amidine groups is 1. The smallest absolute Gasteiger partial charge is 0.265 e. The van der Waals surface area contributed by atoms with Gasteiger partial charge in [-0.3, -0.25) is 4.79 Å². The van der Waals surface area contributed by atoms with E-state index in [0.717, 1.165) is 17.3 Å². The zero-order valence-electron chi connectivity index (χ0n) is 8.97. The molecule has 0 radical (unpaired) electrons. The summed E-state index contributed by atoms with van der Waals surface area (Å²) in [5.41, 5.74) is 5.60. The number of hydrogen-bond donors (Lipinski definition) is 2. The van der Waals surface area contributed by atoms with Crippen LogP contribution in [-0.2, 0) is 0 Å². The fourth-order valence-corrected chi connectivity index (χ4v) is 3.46. The minimum absolute atomic E-state index is 0.0685. The number of nitrogens with two attached hydrogens (primary N) is 1. The maximum atomic E-state index is 12.3. The largest absolute Gasteiger partial charge is 0.409 e. The van der Waals surface area contributed by atoms with Crippen LogP contribution in [0.5, 0.6) is 0 Å². The van der Waals surface area contributed by atoms with E-state index in [1.54, 1.807) is 4.90 Å². The monoisotopic (exact) mass is 317 g/mol. The summed E-state index contributed by atoms with van der Waals surface area (Å²) in [4.78, 5) is 14.6. The van der Waals surface area contributed by atoms with Gasteiger partial charge in [-0.1, -0.05) is 5.16 Å². The highest BCUT2D eigenvalue weighted by Crippen LogP contribution is 2.27. The predicted molar refractivity (Wildman–Crippen MR) is 69.5 cm³/mol. The van der Waals surface area contributed by atoms with Crippen molar-refractivity contribution in [1.82, 2.24) is 4.90 Å². The summed E-state index contributed by atoms with van der Waals surface area (Å²) in [6.07, 6.45) is 1.61. The average Bonchev–Trinajstić information content (AvgIpc) is 2.95. The highest BCUT2D eigenvalue weighted by Gasteiger charge is 2.33. The fourth-order valence-electron chi connectivity index (χ4n) is 1.96. The molecule has 5 nitrogen and oxygen atoms in total. The first-order chi connectivity index (χ1) is 8.15. The Balaban J connectivity index is 2.23. The maximum absolute atomic E-state index is 12.3.